The fourth-order valence-electron chi connectivity index (χ4n) is 3.16. The summed E-state index contributed by atoms with van der Waals surface area (Å²) in [6.07, 6.45) is -4.61. The van der Waals surface area contributed by atoms with E-state index in [1.807, 2.05) is 60.7 Å². The van der Waals surface area contributed by atoms with Gasteiger partial charge in [-0.3, -0.25) is 14.6 Å². The number of aliphatic carboxylic acids is 2. The number of hydrogen-bond donors (Lipinski definition) is 6. The molecule has 0 aliphatic rings. The van der Waals surface area contributed by atoms with Gasteiger partial charge in [0.15, 0.2) is 5.96 Å². The number of rotatable bonds is 11. The number of carboxylic acids is 2. The number of nitrogens with zero attached hydrogens (tertiary/aromatic N) is 1. The fraction of sp³-hybridized carbons (Fsp3) is 0.346. The maximum atomic E-state index is 13.2. The number of carboxylic acid groups (broad SMARTS) is 2. The molecule has 2 aromatic rings. The lowest BCUT2D eigenvalue weighted by Gasteiger charge is -2.28. The van der Waals surface area contributed by atoms with Crippen molar-refractivity contribution in [3.8, 4) is 0 Å². The Labute approximate surface area is 228 Å². The summed E-state index contributed by atoms with van der Waals surface area (Å²) < 4.78 is 31.7. The van der Waals surface area contributed by atoms with Crippen LogP contribution < -0.4 is 22.1 Å². The number of halogens is 3. The number of benzene rings is 2. The van der Waals surface area contributed by atoms with E-state index in [1.165, 1.54) is 13.8 Å². The van der Waals surface area contributed by atoms with Crippen LogP contribution in [0.4, 0.5) is 13.2 Å². The Morgan fingerprint density at radius 3 is 1.65 bits per heavy atom. The minimum atomic E-state index is -5.08. The minimum Gasteiger partial charge on any atom is -0.480 e. The first-order chi connectivity index (χ1) is 18.6. The molecule has 0 unspecified atom stereocenters. The van der Waals surface area contributed by atoms with Crippen LogP contribution in [-0.4, -0.2) is 58.7 Å². The van der Waals surface area contributed by atoms with E-state index in [0.717, 1.165) is 11.1 Å². The van der Waals surface area contributed by atoms with Gasteiger partial charge in [-0.05, 0) is 37.8 Å². The summed E-state index contributed by atoms with van der Waals surface area (Å²) in [5.74, 6) is -5.25. The summed E-state index contributed by atoms with van der Waals surface area (Å²) in [7, 11) is 0. The molecule has 0 radical (unpaired) electrons. The first-order valence-corrected chi connectivity index (χ1v) is 11.9. The van der Waals surface area contributed by atoms with E-state index in [-0.39, 0.29) is 18.9 Å². The van der Waals surface area contributed by atoms with Gasteiger partial charge in [0.25, 0.3) is 0 Å². The zero-order valence-corrected chi connectivity index (χ0v) is 21.8. The molecule has 40 heavy (non-hydrogen) atoms. The Morgan fingerprint density at radius 1 is 0.850 bits per heavy atom. The van der Waals surface area contributed by atoms with Crippen molar-refractivity contribution in [2.24, 2.45) is 21.9 Å². The van der Waals surface area contributed by atoms with Crippen molar-refractivity contribution in [1.29, 1.82) is 0 Å². The number of guanidine groups is 1. The molecule has 0 saturated carbocycles. The quantitative estimate of drug-likeness (QED) is 0.103. The molecule has 11 nitrogen and oxygen atoms in total. The monoisotopic (exact) mass is 567 g/mol. The summed E-state index contributed by atoms with van der Waals surface area (Å²) in [6.45, 7) is 3.16. The molecule has 2 rings (SSSR count). The Kier molecular flexibility index (Phi) is 12.6. The molecule has 218 valence electrons. The zero-order chi connectivity index (χ0) is 30.5. The molecule has 1 atom stereocenters. The highest BCUT2D eigenvalue weighted by Gasteiger charge is 2.39. The number of carbonyl (C=O) groups excluding carboxylic acids is 2. The van der Waals surface area contributed by atoms with Crippen LogP contribution in [0.3, 0.4) is 0 Å². The Hall–Kier alpha value is -4.62. The zero-order valence-electron chi connectivity index (χ0n) is 21.8. The highest BCUT2D eigenvalue weighted by molar-refractivity contribution is 6.05. The maximum Gasteiger partial charge on any atom is 0.490 e. The largest absolute Gasteiger partial charge is 0.490 e. The summed E-state index contributed by atoms with van der Waals surface area (Å²) in [5, 5.41) is 22.0. The number of amides is 2. The molecule has 0 aliphatic heterocycles. The van der Waals surface area contributed by atoms with E-state index in [0.29, 0.717) is 6.42 Å². The van der Waals surface area contributed by atoms with Crippen molar-refractivity contribution in [1.82, 2.24) is 10.6 Å². The Morgan fingerprint density at radius 2 is 1.27 bits per heavy atom. The molecule has 0 aromatic heterocycles. The van der Waals surface area contributed by atoms with Gasteiger partial charge in [-0.25, -0.2) is 9.59 Å². The van der Waals surface area contributed by atoms with Crippen molar-refractivity contribution in [3.63, 3.8) is 0 Å². The van der Waals surface area contributed by atoms with Gasteiger partial charge < -0.3 is 32.3 Å². The second-order valence-electron chi connectivity index (χ2n) is 8.97. The average molecular weight is 568 g/mol. The van der Waals surface area contributed by atoms with Crippen LogP contribution >= 0.6 is 0 Å². The standard InChI is InChI=1S/C24H31N5O4.C2HF3O2/c1-24(2,21(32)28-18(20(30)31)14-9-15-27-23(25)26)22(33)29-19(16-10-5-3-6-11-16)17-12-7-4-8-13-17;3-2(4,5)1(6)7/h3-8,10-13,18-19H,9,14-15H2,1-2H3,(H,28,32)(H,29,33)(H,30,31)(H4,25,26,27);(H,6,7)/t18-;/m0./s1. The molecular weight excluding hydrogens is 535 g/mol. The lowest BCUT2D eigenvalue weighted by molar-refractivity contribution is -0.192. The smallest absolute Gasteiger partial charge is 0.480 e. The highest BCUT2D eigenvalue weighted by atomic mass is 19.4. The molecule has 2 amide bonds. The first kappa shape index (κ1) is 33.4. The summed E-state index contributed by atoms with van der Waals surface area (Å²) >= 11 is 0. The van der Waals surface area contributed by atoms with E-state index in [1.54, 1.807) is 0 Å². The number of nitrogens with two attached hydrogens (primary N) is 2. The van der Waals surface area contributed by atoms with Crippen molar-refractivity contribution in [3.05, 3.63) is 71.8 Å². The topological polar surface area (TPSA) is 197 Å². The first-order valence-electron chi connectivity index (χ1n) is 11.9. The number of carbonyl (C=O) groups is 4. The van der Waals surface area contributed by atoms with Gasteiger partial charge in [0.1, 0.15) is 11.5 Å². The number of aliphatic imine (C=N–C) groups is 1. The van der Waals surface area contributed by atoms with E-state index in [9.17, 15) is 32.7 Å². The van der Waals surface area contributed by atoms with Crippen molar-refractivity contribution in [2.75, 3.05) is 6.54 Å². The van der Waals surface area contributed by atoms with Crippen molar-refractivity contribution >= 4 is 29.7 Å². The van der Waals surface area contributed by atoms with E-state index in [4.69, 9.17) is 21.4 Å². The lowest BCUT2D eigenvalue weighted by atomic mass is 9.88. The second kappa shape index (κ2) is 15.1. The molecule has 2 aromatic carbocycles. The Bertz CT molecular complexity index is 1130. The molecule has 0 aliphatic carbocycles. The second-order valence-corrected chi connectivity index (χ2v) is 8.97. The van der Waals surface area contributed by atoms with Gasteiger partial charge in [-0.1, -0.05) is 60.7 Å². The van der Waals surface area contributed by atoms with Gasteiger partial charge in [-0.15, -0.1) is 0 Å². The third-order valence-electron chi connectivity index (χ3n) is 5.47. The number of nitrogens with one attached hydrogen (secondary N) is 2. The van der Waals surface area contributed by atoms with Gasteiger partial charge >= 0.3 is 18.1 Å². The number of alkyl halides is 3. The van der Waals surface area contributed by atoms with E-state index >= 15 is 0 Å². The molecule has 0 fully saturated rings. The van der Waals surface area contributed by atoms with Gasteiger partial charge in [0, 0.05) is 6.54 Å². The molecule has 8 N–H and O–H groups in total. The molecule has 0 saturated heterocycles. The molecule has 0 heterocycles. The SMILES string of the molecule is CC(C)(C(=O)NC(c1ccccc1)c1ccccc1)C(=O)N[C@@H](CCCN=C(N)N)C(=O)O.O=C(O)C(F)(F)F. The molecule has 14 heteroatoms. The van der Waals surface area contributed by atoms with Crippen LogP contribution in [0.15, 0.2) is 65.7 Å². The molecule has 0 bridgehead atoms. The molecule has 0 spiro atoms. The van der Waals surface area contributed by atoms with Gasteiger partial charge in [0.05, 0.1) is 6.04 Å². The Balaban J connectivity index is 0.00000101. The van der Waals surface area contributed by atoms with Crippen LogP contribution in [0.2, 0.25) is 0 Å². The van der Waals surface area contributed by atoms with E-state index in [2.05, 4.69) is 15.6 Å². The predicted octanol–water partition coefficient (Wildman–Crippen LogP) is 2.17. The minimum absolute atomic E-state index is 0.0879. The third kappa shape index (κ3) is 11.0. The fourth-order valence-corrected chi connectivity index (χ4v) is 3.16. The molecular formula is C26H32F3N5O6. The normalized spacial score (nSPS) is 11.8. The maximum absolute atomic E-state index is 13.2. The summed E-state index contributed by atoms with van der Waals surface area (Å²) in [5.41, 5.74) is 10.7. The highest BCUT2D eigenvalue weighted by Crippen LogP contribution is 2.25. The lowest BCUT2D eigenvalue weighted by Crippen LogP contribution is -2.52. The van der Waals surface area contributed by atoms with Crippen molar-refractivity contribution < 1.29 is 42.6 Å². The van der Waals surface area contributed by atoms with Crippen LogP contribution in [0.5, 0.6) is 0 Å². The van der Waals surface area contributed by atoms with Gasteiger partial charge in [-0.2, -0.15) is 13.2 Å². The summed E-state index contributed by atoms with van der Waals surface area (Å²) in [4.78, 5) is 50.4. The van der Waals surface area contributed by atoms with Crippen LogP contribution in [0, 0.1) is 5.41 Å². The van der Waals surface area contributed by atoms with Crippen molar-refractivity contribution in [2.45, 2.75) is 44.9 Å². The number of hydrogen-bond acceptors (Lipinski definition) is 5. The average Bonchev–Trinajstić information content (AvgIpc) is 2.89. The predicted molar refractivity (Wildman–Crippen MR) is 140 cm³/mol. The van der Waals surface area contributed by atoms with E-state index < -0.39 is 47.4 Å². The third-order valence-corrected chi connectivity index (χ3v) is 5.47. The van der Waals surface area contributed by atoms with Crippen LogP contribution in [0.1, 0.15) is 43.9 Å². The van der Waals surface area contributed by atoms with Crippen LogP contribution in [0.25, 0.3) is 0 Å². The van der Waals surface area contributed by atoms with Crippen LogP contribution in [-0.2, 0) is 19.2 Å². The summed E-state index contributed by atoms with van der Waals surface area (Å²) in [6, 6.07) is 17.2. The van der Waals surface area contributed by atoms with Gasteiger partial charge in [0.2, 0.25) is 11.8 Å².